The SMILES string of the molecule is CC1CCC2C3=C(C=CCN3)CC2C1. The third-order valence-corrected chi connectivity index (χ3v) is 4.17. The van der Waals surface area contributed by atoms with Crippen LogP contribution in [-0.4, -0.2) is 6.54 Å². The quantitative estimate of drug-likeness (QED) is 0.618. The van der Waals surface area contributed by atoms with Crippen molar-refractivity contribution in [2.75, 3.05) is 6.54 Å². The Bertz CT molecular complexity index is 300. The number of rotatable bonds is 0. The summed E-state index contributed by atoms with van der Waals surface area (Å²) in [5, 5.41) is 3.59. The van der Waals surface area contributed by atoms with Gasteiger partial charge in [0.25, 0.3) is 0 Å². The first-order valence-electron chi connectivity index (χ1n) is 5.98. The average molecular weight is 189 g/mol. The highest BCUT2D eigenvalue weighted by molar-refractivity contribution is 5.35. The molecule has 1 heteroatoms. The standard InChI is InChI=1S/C13H19N/c1-9-4-5-12-11(7-9)8-10-3-2-6-14-13(10)12/h2-3,9,11-12,14H,4-8H2,1H3. The number of dihydropyridines is 1. The molecule has 1 heterocycles. The number of hydrogen-bond donors (Lipinski definition) is 1. The van der Waals surface area contributed by atoms with E-state index in [0.717, 1.165) is 24.3 Å². The summed E-state index contributed by atoms with van der Waals surface area (Å²) < 4.78 is 0. The first-order chi connectivity index (χ1) is 6.84. The van der Waals surface area contributed by atoms with Gasteiger partial charge in [0.15, 0.2) is 0 Å². The zero-order valence-electron chi connectivity index (χ0n) is 8.92. The number of nitrogens with one attached hydrogen (secondary N) is 1. The average Bonchev–Trinajstić information content (AvgIpc) is 2.54. The van der Waals surface area contributed by atoms with E-state index in [4.69, 9.17) is 0 Å². The van der Waals surface area contributed by atoms with Gasteiger partial charge in [0, 0.05) is 18.2 Å². The molecular formula is C13H19N. The van der Waals surface area contributed by atoms with E-state index >= 15 is 0 Å². The molecule has 2 aliphatic carbocycles. The molecule has 0 amide bonds. The van der Waals surface area contributed by atoms with Crippen molar-refractivity contribution in [2.45, 2.75) is 32.6 Å². The van der Waals surface area contributed by atoms with Crippen molar-refractivity contribution >= 4 is 0 Å². The van der Waals surface area contributed by atoms with Gasteiger partial charge in [-0.3, -0.25) is 0 Å². The van der Waals surface area contributed by atoms with E-state index in [1.54, 1.807) is 11.3 Å². The lowest BCUT2D eigenvalue weighted by molar-refractivity contribution is 0.228. The molecule has 3 aliphatic rings. The summed E-state index contributed by atoms with van der Waals surface area (Å²) in [5.41, 5.74) is 3.21. The summed E-state index contributed by atoms with van der Waals surface area (Å²) in [7, 11) is 0. The molecule has 0 radical (unpaired) electrons. The minimum atomic E-state index is 0.881. The van der Waals surface area contributed by atoms with Crippen LogP contribution in [-0.2, 0) is 0 Å². The molecule has 1 nitrogen and oxygen atoms in total. The van der Waals surface area contributed by atoms with Crippen molar-refractivity contribution in [1.82, 2.24) is 5.32 Å². The molecule has 3 unspecified atom stereocenters. The maximum Gasteiger partial charge on any atom is 0.0331 e. The first-order valence-corrected chi connectivity index (χ1v) is 5.98. The van der Waals surface area contributed by atoms with Gasteiger partial charge in [-0.15, -0.1) is 0 Å². The van der Waals surface area contributed by atoms with E-state index in [9.17, 15) is 0 Å². The fraction of sp³-hybridized carbons (Fsp3) is 0.692. The van der Waals surface area contributed by atoms with Crippen LogP contribution >= 0.6 is 0 Å². The fourth-order valence-electron chi connectivity index (χ4n) is 3.51. The highest BCUT2D eigenvalue weighted by Crippen LogP contribution is 2.47. The molecule has 76 valence electrons. The second-order valence-electron chi connectivity index (χ2n) is 5.21. The molecule has 1 fully saturated rings. The third-order valence-electron chi connectivity index (χ3n) is 4.17. The number of fused-ring (bicyclic) bond motifs is 2. The zero-order valence-corrected chi connectivity index (χ0v) is 8.92. The van der Waals surface area contributed by atoms with Gasteiger partial charge in [-0.2, -0.15) is 0 Å². The van der Waals surface area contributed by atoms with Gasteiger partial charge in [0.1, 0.15) is 0 Å². The zero-order chi connectivity index (χ0) is 9.54. The largest absolute Gasteiger partial charge is 0.384 e. The van der Waals surface area contributed by atoms with E-state index in [2.05, 4.69) is 24.4 Å². The molecule has 0 aromatic carbocycles. The van der Waals surface area contributed by atoms with Crippen LogP contribution in [0.5, 0.6) is 0 Å². The molecule has 3 rings (SSSR count). The summed E-state index contributed by atoms with van der Waals surface area (Å²) in [6.07, 6.45) is 10.3. The lowest BCUT2D eigenvalue weighted by atomic mass is 9.75. The molecular weight excluding hydrogens is 170 g/mol. The molecule has 0 aromatic heterocycles. The molecule has 1 aliphatic heterocycles. The van der Waals surface area contributed by atoms with E-state index < -0.39 is 0 Å². The molecule has 3 atom stereocenters. The van der Waals surface area contributed by atoms with Crippen molar-refractivity contribution in [2.24, 2.45) is 17.8 Å². The lowest BCUT2D eigenvalue weighted by Crippen LogP contribution is -2.27. The van der Waals surface area contributed by atoms with E-state index in [1.807, 2.05) is 0 Å². The fourth-order valence-corrected chi connectivity index (χ4v) is 3.51. The van der Waals surface area contributed by atoms with Gasteiger partial charge in [-0.05, 0) is 36.7 Å². The summed E-state index contributed by atoms with van der Waals surface area (Å²) in [6.45, 7) is 3.47. The Kier molecular flexibility index (Phi) is 1.93. The normalized spacial score (nSPS) is 40.5. The Hall–Kier alpha value is -0.720. The van der Waals surface area contributed by atoms with Gasteiger partial charge in [-0.1, -0.05) is 25.5 Å². The van der Waals surface area contributed by atoms with Gasteiger partial charge < -0.3 is 5.32 Å². The van der Waals surface area contributed by atoms with Crippen LogP contribution in [0.3, 0.4) is 0 Å². The van der Waals surface area contributed by atoms with Crippen molar-refractivity contribution in [1.29, 1.82) is 0 Å². The second kappa shape index (κ2) is 3.15. The second-order valence-corrected chi connectivity index (χ2v) is 5.21. The lowest BCUT2D eigenvalue weighted by Gasteiger charge is -2.31. The minimum Gasteiger partial charge on any atom is -0.384 e. The summed E-state index contributed by atoms with van der Waals surface area (Å²) in [6, 6.07) is 0. The van der Waals surface area contributed by atoms with E-state index in [-0.39, 0.29) is 0 Å². The predicted octanol–water partition coefficient (Wildman–Crippen LogP) is 2.86. The van der Waals surface area contributed by atoms with Crippen molar-refractivity contribution in [3.8, 4) is 0 Å². The van der Waals surface area contributed by atoms with Crippen molar-refractivity contribution < 1.29 is 0 Å². The van der Waals surface area contributed by atoms with Gasteiger partial charge in [-0.25, -0.2) is 0 Å². The van der Waals surface area contributed by atoms with E-state index in [1.165, 1.54) is 25.7 Å². The van der Waals surface area contributed by atoms with Gasteiger partial charge >= 0.3 is 0 Å². The summed E-state index contributed by atoms with van der Waals surface area (Å²) in [5.74, 6) is 2.80. The van der Waals surface area contributed by atoms with Crippen LogP contribution in [0.1, 0.15) is 32.6 Å². The smallest absolute Gasteiger partial charge is 0.0331 e. The molecule has 1 saturated carbocycles. The van der Waals surface area contributed by atoms with Crippen molar-refractivity contribution in [3.63, 3.8) is 0 Å². The minimum absolute atomic E-state index is 0.881. The predicted molar refractivity (Wildman–Crippen MR) is 58.8 cm³/mol. The Morgan fingerprint density at radius 2 is 2.29 bits per heavy atom. The Balaban J connectivity index is 1.85. The van der Waals surface area contributed by atoms with Crippen LogP contribution in [0.15, 0.2) is 23.4 Å². The Morgan fingerprint density at radius 3 is 3.21 bits per heavy atom. The highest BCUT2D eigenvalue weighted by atomic mass is 14.9. The monoisotopic (exact) mass is 189 g/mol. The maximum absolute atomic E-state index is 3.59. The highest BCUT2D eigenvalue weighted by Gasteiger charge is 2.37. The van der Waals surface area contributed by atoms with Crippen LogP contribution in [0, 0.1) is 17.8 Å². The summed E-state index contributed by atoms with van der Waals surface area (Å²) in [4.78, 5) is 0. The Labute approximate surface area is 86.3 Å². The Morgan fingerprint density at radius 1 is 1.36 bits per heavy atom. The maximum atomic E-state index is 3.59. The molecule has 1 N–H and O–H groups in total. The molecule has 0 aromatic rings. The van der Waals surface area contributed by atoms with Crippen LogP contribution in [0.25, 0.3) is 0 Å². The van der Waals surface area contributed by atoms with E-state index in [0.29, 0.717) is 0 Å². The topological polar surface area (TPSA) is 12.0 Å². The van der Waals surface area contributed by atoms with Crippen molar-refractivity contribution in [3.05, 3.63) is 23.4 Å². The number of allylic oxidation sites excluding steroid dienone is 3. The third kappa shape index (κ3) is 1.22. The van der Waals surface area contributed by atoms with Gasteiger partial charge in [0.05, 0.1) is 0 Å². The molecule has 0 spiro atoms. The van der Waals surface area contributed by atoms with Crippen LogP contribution < -0.4 is 5.32 Å². The molecule has 0 bridgehead atoms. The van der Waals surface area contributed by atoms with Crippen LogP contribution in [0.2, 0.25) is 0 Å². The molecule has 0 saturated heterocycles. The summed E-state index contributed by atoms with van der Waals surface area (Å²) >= 11 is 0. The molecule has 14 heavy (non-hydrogen) atoms. The number of hydrogen-bond acceptors (Lipinski definition) is 1. The van der Waals surface area contributed by atoms with Gasteiger partial charge in [0.2, 0.25) is 0 Å². The first kappa shape index (κ1) is 8.58. The van der Waals surface area contributed by atoms with Crippen LogP contribution in [0.4, 0.5) is 0 Å².